The summed E-state index contributed by atoms with van der Waals surface area (Å²) in [6.07, 6.45) is 5.16. The molecule has 0 aliphatic carbocycles. The standard InChI is InChI=1S/C13H14N4O/c14-11-3-1-10(2-4-11)7-13(18)17-9-12-8-15-5-6-16-12/h1-6,8H,7,9,14H2,(H,17,18). The van der Waals surface area contributed by atoms with E-state index in [-0.39, 0.29) is 5.91 Å². The number of nitrogens with zero attached hydrogens (tertiary/aromatic N) is 2. The Balaban J connectivity index is 1.84. The third-order valence-electron chi connectivity index (χ3n) is 2.43. The van der Waals surface area contributed by atoms with Crippen molar-refractivity contribution in [2.24, 2.45) is 0 Å². The maximum atomic E-state index is 11.7. The molecule has 0 saturated carbocycles. The summed E-state index contributed by atoms with van der Waals surface area (Å²) in [6, 6.07) is 7.26. The van der Waals surface area contributed by atoms with E-state index in [9.17, 15) is 4.79 Å². The Morgan fingerprint density at radius 3 is 2.67 bits per heavy atom. The highest BCUT2D eigenvalue weighted by molar-refractivity contribution is 5.78. The minimum atomic E-state index is -0.0505. The number of amides is 1. The number of carbonyl (C=O) groups is 1. The Morgan fingerprint density at radius 2 is 2.00 bits per heavy atom. The number of rotatable bonds is 4. The van der Waals surface area contributed by atoms with Gasteiger partial charge in [0, 0.05) is 18.1 Å². The fraction of sp³-hybridized carbons (Fsp3) is 0.154. The number of nitrogens with two attached hydrogens (primary N) is 1. The fourth-order valence-electron chi connectivity index (χ4n) is 1.49. The molecule has 1 amide bonds. The van der Waals surface area contributed by atoms with Crippen molar-refractivity contribution in [3.63, 3.8) is 0 Å². The quantitative estimate of drug-likeness (QED) is 0.781. The van der Waals surface area contributed by atoms with Crippen LogP contribution in [0.1, 0.15) is 11.3 Å². The summed E-state index contributed by atoms with van der Waals surface area (Å²) in [7, 11) is 0. The molecule has 1 heterocycles. The monoisotopic (exact) mass is 242 g/mol. The lowest BCUT2D eigenvalue weighted by Crippen LogP contribution is -2.25. The molecule has 2 rings (SSSR count). The molecular weight excluding hydrogens is 228 g/mol. The average Bonchev–Trinajstić information content (AvgIpc) is 2.40. The molecule has 0 aliphatic rings. The van der Waals surface area contributed by atoms with Gasteiger partial charge in [0.2, 0.25) is 5.91 Å². The maximum Gasteiger partial charge on any atom is 0.224 e. The van der Waals surface area contributed by atoms with Crippen molar-refractivity contribution in [3.05, 3.63) is 54.1 Å². The molecule has 0 spiro atoms. The van der Waals surface area contributed by atoms with Gasteiger partial charge in [0.25, 0.3) is 0 Å². The zero-order chi connectivity index (χ0) is 12.8. The van der Waals surface area contributed by atoms with E-state index < -0.39 is 0 Å². The highest BCUT2D eigenvalue weighted by Gasteiger charge is 2.03. The molecule has 18 heavy (non-hydrogen) atoms. The second kappa shape index (κ2) is 5.77. The van der Waals surface area contributed by atoms with Crippen LogP contribution in [0, 0.1) is 0 Å². The first-order valence-electron chi connectivity index (χ1n) is 5.60. The van der Waals surface area contributed by atoms with Crippen LogP contribution in [0.5, 0.6) is 0 Å². The smallest absolute Gasteiger partial charge is 0.224 e. The largest absolute Gasteiger partial charge is 0.399 e. The highest BCUT2D eigenvalue weighted by Crippen LogP contribution is 2.05. The molecule has 0 radical (unpaired) electrons. The SMILES string of the molecule is Nc1ccc(CC(=O)NCc2cnccn2)cc1. The Labute approximate surface area is 105 Å². The van der Waals surface area contributed by atoms with Gasteiger partial charge in [-0.1, -0.05) is 12.1 Å². The van der Waals surface area contributed by atoms with Gasteiger partial charge in [0.1, 0.15) is 0 Å². The topological polar surface area (TPSA) is 80.9 Å². The van der Waals surface area contributed by atoms with Gasteiger partial charge in [-0.2, -0.15) is 0 Å². The van der Waals surface area contributed by atoms with Crippen molar-refractivity contribution in [3.8, 4) is 0 Å². The molecule has 0 fully saturated rings. The number of nitrogens with one attached hydrogen (secondary N) is 1. The Hall–Kier alpha value is -2.43. The van der Waals surface area contributed by atoms with Gasteiger partial charge in [-0.15, -0.1) is 0 Å². The minimum absolute atomic E-state index is 0.0505. The first kappa shape index (κ1) is 12.0. The molecule has 5 nitrogen and oxygen atoms in total. The van der Waals surface area contributed by atoms with Gasteiger partial charge in [0.15, 0.2) is 0 Å². The molecule has 2 aromatic rings. The molecule has 5 heteroatoms. The number of hydrogen-bond acceptors (Lipinski definition) is 4. The third kappa shape index (κ3) is 3.55. The van der Waals surface area contributed by atoms with E-state index in [1.807, 2.05) is 12.1 Å². The van der Waals surface area contributed by atoms with E-state index in [4.69, 9.17) is 5.73 Å². The van der Waals surface area contributed by atoms with Crippen molar-refractivity contribution < 1.29 is 4.79 Å². The number of hydrogen-bond donors (Lipinski definition) is 2. The second-order valence-electron chi connectivity index (χ2n) is 3.89. The molecule has 1 aromatic carbocycles. The molecule has 0 unspecified atom stereocenters. The van der Waals surface area contributed by atoms with Gasteiger partial charge < -0.3 is 11.1 Å². The Morgan fingerprint density at radius 1 is 1.22 bits per heavy atom. The van der Waals surface area contributed by atoms with E-state index >= 15 is 0 Å². The predicted octanol–water partition coefficient (Wildman–Crippen LogP) is 0.918. The number of benzene rings is 1. The van der Waals surface area contributed by atoms with Crippen LogP contribution < -0.4 is 11.1 Å². The summed E-state index contributed by atoms with van der Waals surface area (Å²) in [5.74, 6) is -0.0505. The maximum absolute atomic E-state index is 11.7. The zero-order valence-corrected chi connectivity index (χ0v) is 9.84. The summed E-state index contributed by atoms with van der Waals surface area (Å²) in [4.78, 5) is 19.7. The van der Waals surface area contributed by atoms with Crippen LogP contribution in [-0.2, 0) is 17.8 Å². The van der Waals surface area contributed by atoms with Crippen LogP contribution in [0.2, 0.25) is 0 Å². The van der Waals surface area contributed by atoms with Gasteiger partial charge in [-0.3, -0.25) is 14.8 Å². The lowest BCUT2D eigenvalue weighted by atomic mass is 10.1. The lowest BCUT2D eigenvalue weighted by molar-refractivity contribution is -0.120. The first-order valence-corrected chi connectivity index (χ1v) is 5.60. The molecule has 0 atom stereocenters. The van der Waals surface area contributed by atoms with Gasteiger partial charge in [-0.05, 0) is 17.7 Å². The van der Waals surface area contributed by atoms with E-state index in [1.54, 1.807) is 30.7 Å². The number of carbonyl (C=O) groups excluding carboxylic acids is 1. The molecule has 1 aromatic heterocycles. The summed E-state index contributed by atoms with van der Waals surface area (Å²) < 4.78 is 0. The van der Waals surface area contributed by atoms with Crippen molar-refractivity contribution in [2.45, 2.75) is 13.0 Å². The summed E-state index contributed by atoms with van der Waals surface area (Å²) in [5.41, 5.74) is 7.94. The fourth-order valence-corrected chi connectivity index (χ4v) is 1.49. The van der Waals surface area contributed by atoms with E-state index in [2.05, 4.69) is 15.3 Å². The van der Waals surface area contributed by atoms with Gasteiger partial charge >= 0.3 is 0 Å². The van der Waals surface area contributed by atoms with Crippen LogP contribution in [0.15, 0.2) is 42.9 Å². The number of nitrogen functional groups attached to an aromatic ring is 1. The molecule has 92 valence electrons. The highest BCUT2D eigenvalue weighted by atomic mass is 16.1. The van der Waals surface area contributed by atoms with Crippen LogP contribution >= 0.6 is 0 Å². The van der Waals surface area contributed by atoms with Crippen molar-refractivity contribution in [1.82, 2.24) is 15.3 Å². The summed E-state index contributed by atoms with van der Waals surface area (Å²) in [5, 5.41) is 2.79. The van der Waals surface area contributed by atoms with Gasteiger partial charge in [0.05, 0.1) is 24.9 Å². The van der Waals surface area contributed by atoms with Crippen molar-refractivity contribution >= 4 is 11.6 Å². The summed E-state index contributed by atoms with van der Waals surface area (Å²) >= 11 is 0. The number of aromatic nitrogens is 2. The molecule has 0 bridgehead atoms. The van der Waals surface area contributed by atoms with Crippen LogP contribution in [0.25, 0.3) is 0 Å². The second-order valence-corrected chi connectivity index (χ2v) is 3.89. The molecular formula is C13H14N4O. The number of anilines is 1. The summed E-state index contributed by atoms with van der Waals surface area (Å²) in [6.45, 7) is 0.391. The zero-order valence-electron chi connectivity index (χ0n) is 9.84. The molecule has 0 aliphatic heterocycles. The van der Waals surface area contributed by atoms with Gasteiger partial charge in [-0.25, -0.2) is 0 Å². The van der Waals surface area contributed by atoms with E-state index in [0.717, 1.165) is 11.3 Å². The Bertz CT molecular complexity index is 510. The third-order valence-corrected chi connectivity index (χ3v) is 2.43. The van der Waals surface area contributed by atoms with Crippen LogP contribution in [0.4, 0.5) is 5.69 Å². The van der Waals surface area contributed by atoms with Crippen molar-refractivity contribution in [2.75, 3.05) is 5.73 Å². The first-order chi connectivity index (χ1) is 8.74. The normalized spacial score (nSPS) is 10.0. The molecule has 0 saturated heterocycles. The van der Waals surface area contributed by atoms with Crippen LogP contribution in [-0.4, -0.2) is 15.9 Å². The average molecular weight is 242 g/mol. The van der Waals surface area contributed by atoms with Crippen molar-refractivity contribution in [1.29, 1.82) is 0 Å². The van der Waals surface area contributed by atoms with E-state index in [1.165, 1.54) is 0 Å². The molecule has 3 N–H and O–H groups in total. The van der Waals surface area contributed by atoms with Crippen LogP contribution in [0.3, 0.4) is 0 Å². The Kier molecular flexibility index (Phi) is 3.86. The minimum Gasteiger partial charge on any atom is -0.399 e. The lowest BCUT2D eigenvalue weighted by Gasteiger charge is -2.04. The predicted molar refractivity (Wildman–Crippen MR) is 68.4 cm³/mol. The van der Waals surface area contributed by atoms with E-state index in [0.29, 0.717) is 18.7 Å².